The van der Waals surface area contributed by atoms with Crippen molar-refractivity contribution in [2.75, 3.05) is 6.54 Å². The summed E-state index contributed by atoms with van der Waals surface area (Å²) in [5.41, 5.74) is 15.6. The molecule has 0 aliphatic rings. The Bertz CT molecular complexity index is 848. The van der Waals surface area contributed by atoms with E-state index in [1.165, 1.54) is 89.9 Å². The van der Waals surface area contributed by atoms with Crippen molar-refractivity contribution >= 4 is 29.7 Å². The van der Waals surface area contributed by atoms with E-state index in [-0.39, 0.29) is 56.7 Å². The number of amides is 3. The van der Waals surface area contributed by atoms with Crippen LogP contribution in [-0.2, 0) is 24.0 Å². The van der Waals surface area contributed by atoms with Crippen LogP contribution in [-0.4, -0.2) is 63.4 Å². The van der Waals surface area contributed by atoms with E-state index in [4.69, 9.17) is 22.3 Å². The summed E-state index contributed by atoms with van der Waals surface area (Å²) in [7, 11) is 0. The molecule has 0 radical (unpaired) electrons. The minimum atomic E-state index is -1.34. The summed E-state index contributed by atoms with van der Waals surface area (Å²) in [6, 6.07) is -2.06. The predicted octanol–water partition coefficient (Wildman–Crippen LogP) is 5.11. The average Bonchev–Trinajstić information content (AvgIpc) is 3.07. The normalized spacial score (nSPS) is 11.8. The number of hydrogen-bond donors (Lipinski definition) is 5. The van der Waals surface area contributed by atoms with Crippen molar-refractivity contribution < 1.29 is 65.2 Å². The van der Waals surface area contributed by atoms with Gasteiger partial charge in [-0.1, -0.05) is 149 Å². The number of rotatable bonds is 34. The van der Waals surface area contributed by atoms with Crippen LogP contribution in [0.5, 0.6) is 0 Å². The topological polar surface area (TPSA) is 207 Å². The first-order valence-corrected chi connectivity index (χ1v) is 20.1. The summed E-state index contributed by atoms with van der Waals surface area (Å²) >= 11 is 0. The van der Waals surface area contributed by atoms with Crippen LogP contribution in [0, 0.1) is 0 Å². The first-order chi connectivity index (χ1) is 24.0. The Hall–Kier alpha value is -1.53. The maximum atomic E-state index is 13.1. The van der Waals surface area contributed by atoms with Crippen molar-refractivity contribution in [1.82, 2.24) is 4.90 Å². The monoisotopic (exact) mass is 737 g/mol. The van der Waals surface area contributed by atoms with Gasteiger partial charge in [0.25, 0.3) is 0 Å². The molecule has 11 nitrogen and oxygen atoms in total. The van der Waals surface area contributed by atoms with Gasteiger partial charge >= 0.3 is 41.5 Å². The number of carbonyl (C=O) groups excluding carboxylic acids is 3. The molecule has 2 unspecified atom stereocenters. The number of nitrogens with zero attached hydrogens (tertiary/aromatic N) is 1. The second-order valence-corrected chi connectivity index (χ2v) is 13.8. The van der Waals surface area contributed by atoms with Crippen LogP contribution in [0.2, 0.25) is 0 Å². The molecule has 12 heteroatoms. The van der Waals surface area contributed by atoms with Gasteiger partial charge in [-0.25, -0.2) is 4.79 Å². The third kappa shape index (κ3) is 35.3. The number of imide groups is 1. The molecule has 0 spiro atoms. The molecule has 296 valence electrons. The Kier molecular flexibility index (Phi) is 41.9. The van der Waals surface area contributed by atoms with Gasteiger partial charge in [0, 0.05) is 19.3 Å². The summed E-state index contributed by atoms with van der Waals surface area (Å²) in [4.78, 5) is 60.5. The first kappa shape index (κ1) is 53.8. The van der Waals surface area contributed by atoms with Gasteiger partial charge in [0.1, 0.15) is 12.1 Å². The molecule has 51 heavy (non-hydrogen) atoms. The minimum absolute atomic E-state index is 0. The first-order valence-electron chi connectivity index (χ1n) is 20.1. The largest absolute Gasteiger partial charge is 1.00 e. The molecule has 0 saturated heterocycles. The van der Waals surface area contributed by atoms with Crippen molar-refractivity contribution in [3.63, 3.8) is 0 Å². The van der Waals surface area contributed by atoms with Gasteiger partial charge < -0.3 is 28.8 Å². The molecule has 0 aromatic heterocycles. The molecule has 0 aromatic rings. The van der Waals surface area contributed by atoms with Crippen LogP contribution in [0.25, 0.3) is 0 Å². The fourth-order valence-electron chi connectivity index (χ4n) is 5.88. The fourth-order valence-corrected chi connectivity index (χ4v) is 5.88. The van der Waals surface area contributed by atoms with E-state index in [0.29, 0.717) is 25.8 Å². The number of primary amides is 1. The molecule has 0 aliphatic heterocycles. The van der Waals surface area contributed by atoms with Gasteiger partial charge in [-0.15, -0.1) is 0 Å². The molecule has 0 rings (SSSR count). The smallest absolute Gasteiger partial charge is 1.00 e. The molecule has 0 heterocycles. The van der Waals surface area contributed by atoms with Crippen LogP contribution < -0.4 is 46.8 Å². The Labute approximate surface area is 334 Å². The zero-order chi connectivity index (χ0) is 37.8. The molecule has 0 aromatic carbocycles. The van der Waals surface area contributed by atoms with Gasteiger partial charge in [0.05, 0.1) is 0 Å². The van der Waals surface area contributed by atoms with Crippen molar-refractivity contribution in [1.29, 1.82) is 0 Å². The summed E-state index contributed by atoms with van der Waals surface area (Å²) in [5.74, 6) is -3.72. The van der Waals surface area contributed by atoms with Crippen LogP contribution in [0.4, 0.5) is 0 Å². The molecular weight excluding hydrogens is 659 g/mol. The van der Waals surface area contributed by atoms with Gasteiger partial charge in [0.2, 0.25) is 17.7 Å². The van der Waals surface area contributed by atoms with Crippen molar-refractivity contribution in [2.45, 2.75) is 212 Å². The molecule has 0 saturated carbocycles. The Morgan fingerprint density at radius 2 is 0.882 bits per heavy atom. The van der Waals surface area contributed by atoms with Gasteiger partial charge in [-0.2, -0.15) is 0 Å². The number of carbonyl (C=O) groups is 5. The predicted molar refractivity (Wildman–Crippen MR) is 203 cm³/mol. The number of carboxylic acid groups (broad SMARTS) is 2. The standard InChI is InChI=1S/C33H62N2O5.C6H14N2O2.Na.H/c1-3-5-7-9-11-13-15-17-19-21-23-25-31(37)35(29(33(39)40)27-28-30(34)36)32(38)26-24-22-20-18-16-14-12-10-8-6-4-2;7-4-2-1-3-5(8)6(9)10;;/h29H,3-28H2,1-2H3,(H2,34,36)(H,39,40);5H,1-4,7-8H2,(H,9,10);;/q;;+1;-1. The van der Waals surface area contributed by atoms with E-state index in [9.17, 15) is 29.1 Å². The van der Waals surface area contributed by atoms with E-state index < -0.39 is 41.7 Å². The van der Waals surface area contributed by atoms with Crippen molar-refractivity contribution in [3.8, 4) is 0 Å². The Morgan fingerprint density at radius 1 is 0.529 bits per heavy atom. The fraction of sp³-hybridized carbons (Fsp3) is 0.872. The summed E-state index contributed by atoms with van der Waals surface area (Å²) < 4.78 is 0. The minimum Gasteiger partial charge on any atom is -1.00 e. The second-order valence-electron chi connectivity index (χ2n) is 13.8. The van der Waals surface area contributed by atoms with Crippen molar-refractivity contribution in [3.05, 3.63) is 0 Å². The molecule has 3 amide bonds. The number of unbranched alkanes of at least 4 members (excludes halogenated alkanes) is 21. The summed E-state index contributed by atoms with van der Waals surface area (Å²) in [6.45, 7) is 5.05. The SMILES string of the molecule is CCCCCCCCCCCCCC(=O)N(C(=O)CCCCCCCCCCCCC)C(CCC(N)=O)C(=O)O.NCCCCC(N)C(=O)O.[H-].[Na+]. The molecular formula is C39H77N4NaO7. The average molecular weight is 737 g/mol. The van der Waals surface area contributed by atoms with E-state index in [2.05, 4.69) is 13.8 Å². The third-order valence-corrected chi connectivity index (χ3v) is 9.07. The number of aliphatic carboxylic acids is 2. The molecule has 0 fully saturated rings. The molecule has 0 bridgehead atoms. The van der Waals surface area contributed by atoms with Crippen molar-refractivity contribution in [2.24, 2.45) is 17.2 Å². The zero-order valence-corrected chi connectivity index (χ0v) is 35.0. The maximum Gasteiger partial charge on any atom is 1.00 e. The third-order valence-electron chi connectivity index (χ3n) is 9.07. The quantitative estimate of drug-likeness (QED) is 0.0439. The van der Waals surface area contributed by atoms with Crippen LogP contribution in [0.1, 0.15) is 201 Å². The van der Waals surface area contributed by atoms with Gasteiger partial charge in [-0.05, 0) is 38.6 Å². The molecule has 8 N–H and O–H groups in total. The number of hydrogen-bond acceptors (Lipinski definition) is 7. The molecule has 2 atom stereocenters. The Balaban J connectivity index is -0.000000831. The number of nitrogens with two attached hydrogens (primary N) is 3. The van der Waals surface area contributed by atoms with Gasteiger partial charge in [0.15, 0.2) is 0 Å². The van der Waals surface area contributed by atoms with E-state index in [1.807, 2.05) is 0 Å². The van der Waals surface area contributed by atoms with E-state index in [1.54, 1.807) is 0 Å². The van der Waals surface area contributed by atoms with Gasteiger partial charge in [-0.3, -0.25) is 24.1 Å². The maximum absolute atomic E-state index is 13.1. The molecule has 0 aliphatic carbocycles. The van der Waals surface area contributed by atoms with E-state index >= 15 is 0 Å². The van der Waals surface area contributed by atoms with E-state index in [0.717, 1.165) is 56.3 Å². The van der Waals surface area contributed by atoms with Crippen LogP contribution in [0.3, 0.4) is 0 Å². The zero-order valence-electron chi connectivity index (χ0n) is 34.0. The van der Waals surface area contributed by atoms with Crippen LogP contribution >= 0.6 is 0 Å². The van der Waals surface area contributed by atoms with Crippen LogP contribution in [0.15, 0.2) is 0 Å². The second kappa shape index (κ2) is 39.7. The number of carboxylic acids is 2. The Morgan fingerprint density at radius 3 is 1.18 bits per heavy atom. The summed E-state index contributed by atoms with van der Waals surface area (Å²) in [5, 5.41) is 18.1. The summed E-state index contributed by atoms with van der Waals surface area (Å²) in [6.07, 6.45) is 27.5.